The third-order valence-corrected chi connectivity index (χ3v) is 4.68. The molecule has 1 aromatic heterocycles. The van der Waals surface area contributed by atoms with E-state index in [0.717, 1.165) is 30.8 Å². The predicted molar refractivity (Wildman–Crippen MR) is 104 cm³/mol. The number of nitrogens with zero attached hydrogens (tertiary/aromatic N) is 2. The van der Waals surface area contributed by atoms with Crippen molar-refractivity contribution >= 4 is 11.7 Å². The molecule has 1 fully saturated rings. The van der Waals surface area contributed by atoms with E-state index in [9.17, 15) is 4.79 Å². The van der Waals surface area contributed by atoms with E-state index < -0.39 is 5.91 Å². The number of nitrogens with two attached hydrogens (primary N) is 2. The Morgan fingerprint density at radius 1 is 1.11 bits per heavy atom. The highest BCUT2D eigenvalue weighted by Crippen LogP contribution is 2.32. The van der Waals surface area contributed by atoms with Gasteiger partial charge in [0.15, 0.2) is 0 Å². The molecule has 7 heteroatoms. The van der Waals surface area contributed by atoms with Gasteiger partial charge in [0.2, 0.25) is 0 Å². The fourth-order valence-corrected chi connectivity index (χ4v) is 3.32. The van der Waals surface area contributed by atoms with Gasteiger partial charge in [0.05, 0.1) is 6.04 Å². The van der Waals surface area contributed by atoms with Gasteiger partial charge in [-0.15, -0.1) is 0 Å². The summed E-state index contributed by atoms with van der Waals surface area (Å²) in [4.78, 5) is 12.0. The number of primary amides is 1. The van der Waals surface area contributed by atoms with Crippen LogP contribution in [-0.2, 0) is 0 Å². The second-order valence-corrected chi connectivity index (χ2v) is 6.50. The van der Waals surface area contributed by atoms with Crippen LogP contribution in [0.2, 0.25) is 0 Å². The van der Waals surface area contributed by atoms with Gasteiger partial charge in [-0.25, -0.2) is 4.68 Å². The number of nitrogen functional groups attached to an aromatic ring is 1. The standard InChI is InChI=1S/C20H21N5O2/c21-19-17(20(22)26)18(24-25(19)14-10-11-23-12-14)13-6-8-16(9-7-13)27-15-4-2-1-3-5-15/h1-9,14,23H,10-12,21H2,(H2,22,26). The van der Waals surface area contributed by atoms with Crippen LogP contribution in [0.4, 0.5) is 5.82 Å². The lowest BCUT2D eigenvalue weighted by Crippen LogP contribution is -2.18. The Kier molecular flexibility index (Phi) is 4.52. The van der Waals surface area contributed by atoms with E-state index in [1.165, 1.54) is 0 Å². The molecule has 0 radical (unpaired) electrons. The summed E-state index contributed by atoms with van der Waals surface area (Å²) >= 11 is 0. The average molecular weight is 363 g/mol. The molecule has 1 amide bonds. The van der Waals surface area contributed by atoms with Gasteiger partial charge in [-0.1, -0.05) is 18.2 Å². The smallest absolute Gasteiger partial charge is 0.254 e. The highest BCUT2D eigenvalue weighted by molar-refractivity contribution is 6.03. The summed E-state index contributed by atoms with van der Waals surface area (Å²) in [5.41, 5.74) is 13.3. The van der Waals surface area contributed by atoms with Crippen LogP contribution in [-0.4, -0.2) is 28.8 Å². The molecule has 1 atom stereocenters. The molecule has 2 heterocycles. The Labute approximate surface area is 156 Å². The molecule has 1 aliphatic rings. The molecule has 7 nitrogen and oxygen atoms in total. The maximum Gasteiger partial charge on any atom is 0.254 e. The average Bonchev–Trinajstić information content (AvgIpc) is 3.31. The van der Waals surface area contributed by atoms with Crippen LogP contribution in [0.1, 0.15) is 22.8 Å². The molecule has 5 N–H and O–H groups in total. The normalized spacial score (nSPS) is 16.4. The van der Waals surface area contributed by atoms with Gasteiger partial charge in [0.1, 0.15) is 28.6 Å². The summed E-state index contributed by atoms with van der Waals surface area (Å²) in [7, 11) is 0. The number of amides is 1. The fraction of sp³-hybridized carbons (Fsp3) is 0.200. The first-order chi connectivity index (χ1) is 13.1. The highest BCUT2D eigenvalue weighted by atomic mass is 16.5. The number of ether oxygens (including phenoxy) is 1. The van der Waals surface area contributed by atoms with Crippen LogP contribution in [0.5, 0.6) is 11.5 Å². The van der Waals surface area contributed by atoms with E-state index in [4.69, 9.17) is 16.2 Å². The Balaban J connectivity index is 1.66. The van der Waals surface area contributed by atoms with Crippen LogP contribution in [0.3, 0.4) is 0 Å². The molecule has 27 heavy (non-hydrogen) atoms. The summed E-state index contributed by atoms with van der Waals surface area (Å²) in [6.07, 6.45) is 0.910. The van der Waals surface area contributed by atoms with E-state index in [2.05, 4.69) is 10.4 Å². The van der Waals surface area contributed by atoms with E-state index in [1.54, 1.807) is 4.68 Å². The number of benzene rings is 2. The summed E-state index contributed by atoms with van der Waals surface area (Å²) < 4.78 is 7.52. The van der Waals surface area contributed by atoms with Gasteiger partial charge in [-0.05, 0) is 49.4 Å². The third kappa shape index (κ3) is 3.37. The lowest BCUT2D eigenvalue weighted by molar-refractivity contribution is 0.100. The second kappa shape index (κ2) is 7.13. The van der Waals surface area contributed by atoms with E-state index in [0.29, 0.717) is 17.3 Å². The van der Waals surface area contributed by atoms with Crippen molar-refractivity contribution in [3.05, 3.63) is 60.2 Å². The van der Waals surface area contributed by atoms with Gasteiger partial charge in [0.25, 0.3) is 5.91 Å². The zero-order valence-electron chi connectivity index (χ0n) is 14.8. The monoisotopic (exact) mass is 363 g/mol. The van der Waals surface area contributed by atoms with Crippen LogP contribution < -0.4 is 21.5 Å². The minimum atomic E-state index is -0.579. The predicted octanol–water partition coefficient (Wildman–Crippen LogP) is 2.56. The topological polar surface area (TPSA) is 108 Å². The van der Waals surface area contributed by atoms with Crippen LogP contribution in [0, 0.1) is 0 Å². The summed E-state index contributed by atoms with van der Waals surface area (Å²) in [5.74, 6) is 1.18. The number of carbonyl (C=O) groups excluding carboxylic acids is 1. The number of rotatable bonds is 5. The summed E-state index contributed by atoms with van der Waals surface area (Å²) in [6.45, 7) is 1.67. The number of aromatic nitrogens is 2. The number of para-hydroxylation sites is 1. The van der Waals surface area contributed by atoms with Crippen molar-refractivity contribution in [1.82, 2.24) is 15.1 Å². The molecule has 3 aromatic rings. The molecule has 1 saturated heterocycles. The summed E-state index contributed by atoms with van der Waals surface area (Å²) in [6, 6.07) is 17.0. The number of nitrogens with one attached hydrogen (secondary N) is 1. The van der Waals surface area contributed by atoms with E-state index >= 15 is 0 Å². The molecule has 0 aliphatic carbocycles. The largest absolute Gasteiger partial charge is 0.457 e. The molecule has 0 bridgehead atoms. The first kappa shape index (κ1) is 17.1. The quantitative estimate of drug-likeness (QED) is 0.646. The van der Waals surface area contributed by atoms with Crippen molar-refractivity contribution in [3.8, 4) is 22.8 Å². The number of hydrogen-bond acceptors (Lipinski definition) is 5. The molecule has 0 spiro atoms. The molecule has 1 unspecified atom stereocenters. The van der Waals surface area contributed by atoms with Crippen molar-refractivity contribution in [2.75, 3.05) is 18.8 Å². The van der Waals surface area contributed by atoms with Crippen molar-refractivity contribution in [2.24, 2.45) is 5.73 Å². The minimum Gasteiger partial charge on any atom is -0.457 e. The van der Waals surface area contributed by atoms with Gasteiger partial charge in [-0.3, -0.25) is 4.79 Å². The molecular formula is C20H21N5O2. The lowest BCUT2D eigenvalue weighted by Gasteiger charge is -2.10. The summed E-state index contributed by atoms with van der Waals surface area (Å²) in [5, 5.41) is 7.88. The van der Waals surface area contributed by atoms with Gasteiger partial charge in [0, 0.05) is 12.1 Å². The molecular weight excluding hydrogens is 342 g/mol. The van der Waals surface area contributed by atoms with Crippen molar-refractivity contribution in [1.29, 1.82) is 0 Å². The van der Waals surface area contributed by atoms with Crippen LogP contribution in [0.25, 0.3) is 11.3 Å². The van der Waals surface area contributed by atoms with Crippen LogP contribution >= 0.6 is 0 Å². The number of anilines is 1. The number of hydrogen-bond donors (Lipinski definition) is 3. The Morgan fingerprint density at radius 2 is 1.81 bits per heavy atom. The zero-order chi connectivity index (χ0) is 18.8. The highest BCUT2D eigenvalue weighted by Gasteiger charge is 2.26. The first-order valence-electron chi connectivity index (χ1n) is 8.85. The fourth-order valence-electron chi connectivity index (χ4n) is 3.32. The van der Waals surface area contributed by atoms with E-state index in [1.807, 2.05) is 54.6 Å². The Hall–Kier alpha value is -3.32. The minimum absolute atomic E-state index is 0.123. The SMILES string of the molecule is NC(=O)c1c(-c2ccc(Oc3ccccc3)cc2)nn(C2CCNC2)c1N. The lowest BCUT2D eigenvalue weighted by atomic mass is 10.1. The maximum absolute atomic E-state index is 12.0. The van der Waals surface area contributed by atoms with Gasteiger partial charge < -0.3 is 21.5 Å². The first-order valence-corrected chi connectivity index (χ1v) is 8.85. The molecule has 4 rings (SSSR count). The Bertz CT molecular complexity index is 945. The van der Waals surface area contributed by atoms with Gasteiger partial charge >= 0.3 is 0 Å². The van der Waals surface area contributed by atoms with Crippen molar-refractivity contribution in [2.45, 2.75) is 12.5 Å². The number of carbonyl (C=O) groups is 1. The van der Waals surface area contributed by atoms with Crippen molar-refractivity contribution in [3.63, 3.8) is 0 Å². The molecule has 2 aromatic carbocycles. The molecule has 138 valence electrons. The second-order valence-electron chi connectivity index (χ2n) is 6.50. The van der Waals surface area contributed by atoms with E-state index in [-0.39, 0.29) is 11.6 Å². The molecule has 1 aliphatic heterocycles. The Morgan fingerprint density at radius 3 is 2.44 bits per heavy atom. The van der Waals surface area contributed by atoms with Crippen LogP contribution in [0.15, 0.2) is 54.6 Å². The zero-order valence-corrected chi connectivity index (χ0v) is 14.8. The van der Waals surface area contributed by atoms with Gasteiger partial charge in [-0.2, -0.15) is 5.10 Å². The van der Waals surface area contributed by atoms with Crippen molar-refractivity contribution < 1.29 is 9.53 Å². The third-order valence-electron chi connectivity index (χ3n) is 4.68. The molecule has 0 saturated carbocycles. The maximum atomic E-state index is 12.0.